The molecule has 1 heterocycles. The van der Waals surface area contributed by atoms with E-state index >= 15 is 0 Å². The Morgan fingerprint density at radius 3 is 2.68 bits per heavy atom. The van der Waals surface area contributed by atoms with Crippen molar-refractivity contribution < 1.29 is 4.21 Å². The largest absolute Gasteiger partial charge is 0.237 e. The van der Waals surface area contributed by atoms with E-state index in [4.69, 9.17) is 11.6 Å². The van der Waals surface area contributed by atoms with Gasteiger partial charge in [0.05, 0.1) is 4.90 Å². The monoisotopic (exact) mass is 299 g/mol. The van der Waals surface area contributed by atoms with Gasteiger partial charge in [-0.25, -0.2) is 8.51 Å². The molecule has 0 aromatic heterocycles. The van der Waals surface area contributed by atoms with Crippen molar-refractivity contribution in [2.45, 2.75) is 56.9 Å². The normalized spacial score (nSPS) is 18.7. The number of nitrogens with zero attached hydrogens (tertiary/aromatic N) is 1. The summed E-state index contributed by atoms with van der Waals surface area (Å²) in [7, 11) is -1.01. The van der Waals surface area contributed by atoms with Crippen LogP contribution in [0.3, 0.4) is 0 Å². The van der Waals surface area contributed by atoms with Gasteiger partial charge in [-0.1, -0.05) is 56.7 Å². The standard InChI is InChI=1S/C15H22ClNOS/c1-2-3-4-5-6-7-11-17-12-13-14(16)9-8-10-15(13)19(17)18/h8-10H,2-7,11-12H2,1H3. The number of benzene rings is 1. The first-order valence-corrected chi connectivity index (χ1v) is 8.66. The van der Waals surface area contributed by atoms with Crippen LogP contribution >= 0.6 is 11.6 Å². The summed E-state index contributed by atoms with van der Waals surface area (Å²) in [6.07, 6.45) is 7.59. The zero-order chi connectivity index (χ0) is 13.7. The predicted octanol–water partition coefficient (Wildman–Crippen LogP) is 4.54. The Morgan fingerprint density at radius 1 is 1.21 bits per heavy atom. The van der Waals surface area contributed by atoms with Crippen molar-refractivity contribution in [3.05, 3.63) is 28.8 Å². The Morgan fingerprint density at radius 2 is 1.95 bits per heavy atom. The fraction of sp³-hybridized carbons (Fsp3) is 0.600. The Bertz CT molecular complexity index is 450. The van der Waals surface area contributed by atoms with Gasteiger partial charge in [-0.3, -0.25) is 0 Å². The van der Waals surface area contributed by atoms with Gasteiger partial charge in [-0.2, -0.15) is 0 Å². The van der Waals surface area contributed by atoms with E-state index in [-0.39, 0.29) is 0 Å². The van der Waals surface area contributed by atoms with Crippen LogP contribution in [-0.4, -0.2) is 15.1 Å². The average molecular weight is 300 g/mol. The van der Waals surface area contributed by atoms with E-state index in [1.807, 2.05) is 22.5 Å². The maximum absolute atomic E-state index is 12.3. The highest BCUT2D eigenvalue weighted by molar-refractivity contribution is 7.83. The van der Waals surface area contributed by atoms with E-state index in [0.717, 1.165) is 35.0 Å². The van der Waals surface area contributed by atoms with Gasteiger partial charge in [0, 0.05) is 23.7 Å². The van der Waals surface area contributed by atoms with Gasteiger partial charge in [0.25, 0.3) is 0 Å². The first kappa shape index (κ1) is 15.0. The number of unbranched alkanes of at least 4 members (excludes halogenated alkanes) is 5. The van der Waals surface area contributed by atoms with Gasteiger partial charge >= 0.3 is 0 Å². The lowest BCUT2D eigenvalue weighted by Crippen LogP contribution is -2.20. The van der Waals surface area contributed by atoms with Crippen LogP contribution in [0.1, 0.15) is 51.0 Å². The van der Waals surface area contributed by atoms with E-state index in [9.17, 15) is 4.21 Å². The Hall–Kier alpha value is -0.380. The smallest absolute Gasteiger partial charge is 0.128 e. The maximum Gasteiger partial charge on any atom is 0.128 e. The second-order valence-corrected chi connectivity index (χ2v) is 6.96. The zero-order valence-corrected chi connectivity index (χ0v) is 13.1. The molecule has 0 N–H and O–H groups in total. The molecule has 2 nitrogen and oxygen atoms in total. The molecule has 106 valence electrons. The summed E-state index contributed by atoms with van der Waals surface area (Å²) in [4.78, 5) is 0.901. The van der Waals surface area contributed by atoms with Crippen LogP contribution in [0.2, 0.25) is 5.02 Å². The minimum Gasteiger partial charge on any atom is -0.237 e. The third-order valence-corrected chi connectivity index (χ3v) is 5.49. The van der Waals surface area contributed by atoms with Gasteiger partial charge in [0.2, 0.25) is 0 Å². The summed E-state index contributed by atoms with van der Waals surface area (Å²) < 4.78 is 14.3. The second kappa shape index (κ2) is 7.41. The lowest BCUT2D eigenvalue weighted by atomic mass is 10.1. The molecule has 4 heteroatoms. The summed E-state index contributed by atoms with van der Waals surface area (Å²) in [6.45, 7) is 3.87. The molecule has 0 amide bonds. The maximum atomic E-state index is 12.3. The molecule has 1 aromatic carbocycles. The molecule has 1 unspecified atom stereocenters. The average Bonchev–Trinajstić information content (AvgIpc) is 2.73. The minimum absolute atomic E-state index is 0.733. The molecule has 1 aliphatic rings. The van der Waals surface area contributed by atoms with Gasteiger partial charge in [-0.05, 0) is 18.6 Å². The fourth-order valence-electron chi connectivity index (χ4n) is 2.46. The third-order valence-electron chi connectivity index (χ3n) is 3.59. The predicted molar refractivity (Wildman–Crippen MR) is 81.6 cm³/mol. The van der Waals surface area contributed by atoms with Crippen LogP contribution in [-0.2, 0) is 17.5 Å². The summed E-state index contributed by atoms with van der Waals surface area (Å²) in [6, 6.07) is 5.69. The van der Waals surface area contributed by atoms with Gasteiger partial charge < -0.3 is 0 Å². The number of hydrogen-bond donors (Lipinski definition) is 0. The highest BCUT2D eigenvalue weighted by Crippen LogP contribution is 2.32. The van der Waals surface area contributed by atoms with E-state index in [0.29, 0.717) is 0 Å². The topological polar surface area (TPSA) is 20.3 Å². The van der Waals surface area contributed by atoms with Gasteiger partial charge in [-0.15, -0.1) is 0 Å². The first-order valence-electron chi connectivity index (χ1n) is 7.18. The lowest BCUT2D eigenvalue weighted by Gasteiger charge is -2.12. The van der Waals surface area contributed by atoms with Crippen molar-refractivity contribution in [3.8, 4) is 0 Å². The van der Waals surface area contributed by atoms with Crippen LogP contribution in [0.4, 0.5) is 0 Å². The van der Waals surface area contributed by atoms with Crippen molar-refractivity contribution in [2.75, 3.05) is 6.54 Å². The Labute approximate surface area is 123 Å². The molecule has 1 atom stereocenters. The third kappa shape index (κ3) is 3.80. The molecule has 0 saturated heterocycles. The fourth-order valence-corrected chi connectivity index (χ4v) is 4.15. The Kier molecular flexibility index (Phi) is 5.86. The van der Waals surface area contributed by atoms with Crippen molar-refractivity contribution in [3.63, 3.8) is 0 Å². The van der Waals surface area contributed by atoms with Crippen LogP contribution in [0.5, 0.6) is 0 Å². The molecule has 1 aliphatic heterocycles. The Balaban J connectivity index is 1.79. The highest BCUT2D eigenvalue weighted by atomic mass is 35.5. The number of rotatable bonds is 7. The molecular formula is C15H22ClNOS. The van der Waals surface area contributed by atoms with E-state index < -0.39 is 11.0 Å². The van der Waals surface area contributed by atoms with E-state index in [1.165, 1.54) is 32.1 Å². The van der Waals surface area contributed by atoms with E-state index in [1.54, 1.807) is 0 Å². The van der Waals surface area contributed by atoms with Crippen molar-refractivity contribution in [1.82, 2.24) is 4.31 Å². The molecule has 0 fully saturated rings. The molecule has 19 heavy (non-hydrogen) atoms. The van der Waals surface area contributed by atoms with Crippen LogP contribution in [0.15, 0.2) is 23.1 Å². The van der Waals surface area contributed by atoms with Crippen LogP contribution in [0.25, 0.3) is 0 Å². The minimum atomic E-state index is -1.01. The molecule has 1 aromatic rings. The molecule has 2 rings (SSSR count). The summed E-state index contributed by atoms with van der Waals surface area (Å²) in [5.74, 6) is 0. The molecular weight excluding hydrogens is 278 g/mol. The van der Waals surface area contributed by atoms with Gasteiger partial charge in [0.15, 0.2) is 0 Å². The second-order valence-electron chi connectivity index (χ2n) is 5.10. The number of fused-ring (bicyclic) bond motifs is 1. The van der Waals surface area contributed by atoms with Crippen molar-refractivity contribution in [2.24, 2.45) is 0 Å². The highest BCUT2D eigenvalue weighted by Gasteiger charge is 2.27. The molecule has 0 saturated carbocycles. The summed E-state index contributed by atoms with van der Waals surface area (Å²) in [5.41, 5.74) is 1.05. The zero-order valence-electron chi connectivity index (χ0n) is 11.5. The molecule has 0 spiro atoms. The summed E-state index contributed by atoms with van der Waals surface area (Å²) >= 11 is 6.16. The van der Waals surface area contributed by atoms with Crippen molar-refractivity contribution in [1.29, 1.82) is 0 Å². The molecule has 0 aliphatic carbocycles. The van der Waals surface area contributed by atoms with E-state index in [2.05, 4.69) is 6.92 Å². The molecule has 0 bridgehead atoms. The van der Waals surface area contributed by atoms with Crippen molar-refractivity contribution >= 4 is 22.6 Å². The first-order chi connectivity index (χ1) is 9.24. The SMILES string of the molecule is CCCCCCCCN1Cc2c(Cl)cccc2S1=O. The summed E-state index contributed by atoms with van der Waals surface area (Å²) in [5, 5.41) is 0.747. The number of hydrogen-bond acceptors (Lipinski definition) is 1. The van der Waals surface area contributed by atoms with Gasteiger partial charge in [0.1, 0.15) is 11.0 Å². The number of halogens is 1. The quantitative estimate of drug-likeness (QED) is 0.677. The van der Waals surface area contributed by atoms with Crippen LogP contribution < -0.4 is 0 Å². The lowest BCUT2D eigenvalue weighted by molar-refractivity contribution is 0.432. The molecule has 0 radical (unpaired) electrons. The van der Waals surface area contributed by atoms with Crippen LogP contribution in [0, 0.1) is 0 Å².